The summed E-state index contributed by atoms with van der Waals surface area (Å²) in [7, 11) is 1.68. The molecular weight excluding hydrogens is 336 g/mol. The second kappa shape index (κ2) is 7.11. The van der Waals surface area contributed by atoms with Crippen molar-refractivity contribution in [3.63, 3.8) is 0 Å². The molecule has 128 valence electrons. The Morgan fingerprint density at radius 3 is 2.96 bits per heavy atom. The molecule has 1 aromatic carbocycles. The maximum atomic E-state index is 11.3. The zero-order valence-electron chi connectivity index (χ0n) is 13.9. The van der Waals surface area contributed by atoms with Crippen molar-refractivity contribution in [2.45, 2.75) is 22.9 Å². The van der Waals surface area contributed by atoms with Gasteiger partial charge in [0.15, 0.2) is 5.82 Å². The number of hydrogen-bond donors (Lipinski definition) is 0. The summed E-state index contributed by atoms with van der Waals surface area (Å²) in [6, 6.07) is 6.42. The number of likely N-dealkylation sites (tertiary alicyclic amines) is 1. The van der Waals surface area contributed by atoms with E-state index in [1.54, 1.807) is 37.7 Å². The van der Waals surface area contributed by atoms with Crippen LogP contribution in [0.25, 0.3) is 0 Å². The number of fused-ring (bicyclic) bond motifs is 2. The van der Waals surface area contributed by atoms with E-state index in [0.717, 1.165) is 34.5 Å². The van der Waals surface area contributed by atoms with Crippen LogP contribution in [0.4, 0.5) is 11.5 Å². The number of anilines is 2. The van der Waals surface area contributed by atoms with Gasteiger partial charge in [-0.2, -0.15) is 0 Å². The number of ether oxygens (including phenoxy) is 1. The number of nitrogens with zero attached hydrogens (tertiary/aromatic N) is 4. The highest BCUT2D eigenvalue weighted by Gasteiger charge is 2.26. The van der Waals surface area contributed by atoms with Gasteiger partial charge in [-0.05, 0) is 17.7 Å². The zero-order chi connectivity index (χ0) is 17.2. The molecule has 0 spiro atoms. The van der Waals surface area contributed by atoms with E-state index in [0.29, 0.717) is 13.2 Å². The highest BCUT2D eigenvalue weighted by atomic mass is 32.2. The monoisotopic (exact) mass is 354 g/mol. The topological polar surface area (TPSA) is 58.6 Å². The first-order chi connectivity index (χ1) is 12.2. The quantitative estimate of drug-likeness (QED) is 0.837. The van der Waals surface area contributed by atoms with Crippen molar-refractivity contribution in [1.82, 2.24) is 14.9 Å². The van der Waals surface area contributed by atoms with Crippen LogP contribution in [0.15, 0.2) is 40.5 Å². The fourth-order valence-electron chi connectivity index (χ4n) is 2.98. The van der Waals surface area contributed by atoms with Crippen LogP contribution in [0.2, 0.25) is 0 Å². The normalized spacial score (nSPS) is 17.3. The fourth-order valence-corrected chi connectivity index (χ4v) is 3.96. The molecule has 7 heteroatoms. The summed E-state index contributed by atoms with van der Waals surface area (Å²) in [6.07, 6.45) is 5.64. The van der Waals surface area contributed by atoms with Gasteiger partial charge in [-0.3, -0.25) is 14.6 Å². The number of aromatic nitrogens is 2. The smallest absolute Gasteiger partial charge is 0.168 e. The summed E-state index contributed by atoms with van der Waals surface area (Å²) in [5.41, 5.74) is 2.27. The van der Waals surface area contributed by atoms with E-state index < -0.39 is 0 Å². The number of ketones is 1. The SMILES string of the molecule is COCN1c2cc(CN3[CH][CH]C(=O)CC3)ccc2Sc2nccnc21. The Hall–Kier alpha value is -1.96. The number of carbonyl (C=O) groups excluding carboxylic acids is 1. The van der Waals surface area contributed by atoms with E-state index in [1.165, 1.54) is 5.56 Å². The summed E-state index contributed by atoms with van der Waals surface area (Å²) in [5.74, 6) is 1.02. The molecule has 2 aromatic rings. The molecule has 6 nitrogen and oxygen atoms in total. The van der Waals surface area contributed by atoms with Crippen molar-refractivity contribution in [1.29, 1.82) is 0 Å². The van der Waals surface area contributed by atoms with Gasteiger partial charge in [0.05, 0.1) is 5.69 Å². The molecule has 4 rings (SSSR count). The van der Waals surface area contributed by atoms with Gasteiger partial charge in [0, 0.05) is 56.9 Å². The number of Topliss-reactive ketones (excluding diaryl/α,β-unsaturated/α-hetero) is 1. The van der Waals surface area contributed by atoms with E-state index in [4.69, 9.17) is 4.74 Å². The Balaban J connectivity index is 1.61. The van der Waals surface area contributed by atoms with Gasteiger partial charge in [0.1, 0.15) is 17.5 Å². The van der Waals surface area contributed by atoms with Gasteiger partial charge >= 0.3 is 0 Å². The van der Waals surface area contributed by atoms with Crippen LogP contribution in [0.1, 0.15) is 12.0 Å². The third-order valence-corrected chi connectivity index (χ3v) is 5.23. The van der Waals surface area contributed by atoms with E-state index in [-0.39, 0.29) is 5.78 Å². The van der Waals surface area contributed by atoms with Crippen LogP contribution in [0.3, 0.4) is 0 Å². The second-order valence-corrected chi connectivity index (χ2v) is 6.97. The average Bonchev–Trinajstić information content (AvgIpc) is 2.64. The largest absolute Gasteiger partial charge is 0.364 e. The molecule has 1 aromatic heterocycles. The summed E-state index contributed by atoms with van der Waals surface area (Å²) >= 11 is 1.62. The third kappa shape index (κ3) is 3.40. The lowest BCUT2D eigenvalue weighted by molar-refractivity contribution is -0.117. The molecule has 3 heterocycles. The van der Waals surface area contributed by atoms with Crippen LogP contribution in [-0.4, -0.2) is 41.0 Å². The predicted octanol–water partition coefficient (Wildman–Crippen LogP) is 2.82. The van der Waals surface area contributed by atoms with E-state index in [2.05, 4.69) is 33.1 Å². The molecular formula is C18H18N4O2S. The van der Waals surface area contributed by atoms with Crippen LogP contribution < -0.4 is 4.90 Å². The Labute approximate surface area is 151 Å². The van der Waals surface area contributed by atoms with Crippen LogP contribution in [0, 0.1) is 13.0 Å². The van der Waals surface area contributed by atoms with Crippen LogP contribution in [-0.2, 0) is 16.1 Å². The first-order valence-electron chi connectivity index (χ1n) is 8.08. The van der Waals surface area contributed by atoms with E-state index in [1.807, 2.05) is 11.4 Å². The molecule has 1 fully saturated rings. The maximum absolute atomic E-state index is 11.3. The number of methoxy groups -OCH3 is 1. The van der Waals surface area contributed by atoms with Crippen molar-refractivity contribution >= 4 is 29.1 Å². The zero-order valence-corrected chi connectivity index (χ0v) is 14.7. The standard InChI is InChI=1S/C18H18N4O2S/c1-24-12-22-15-10-13(11-21-8-4-14(23)5-9-21)2-3-16(15)25-18-17(22)19-6-7-20-18/h2-4,6-8,10H,5,9,11-12H2,1H3. The maximum Gasteiger partial charge on any atom is 0.168 e. The molecule has 0 saturated carbocycles. The number of hydrogen-bond acceptors (Lipinski definition) is 7. The van der Waals surface area contributed by atoms with Gasteiger partial charge < -0.3 is 4.74 Å². The second-order valence-electron chi connectivity index (χ2n) is 5.94. The molecule has 0 atom stereocenters. The first-order valence-corrected chi connectivity index (χ1v) is 8.89. The molecule has 0 unspecified atom stereocenters. The molecule has 25 heavy (non-hydrogen) atoms. The fraction of sp³-hybridized carbons (Fsp3) is 0.278. The van der Waals surface area contributed by atoms with E-state index in [9.17, 15) is 4.79 Å². The molecule has 2 aliphatic heterocycles. The number of carbonyl (C=O) groups is 1. The summed E-state index contributed by atoms with van der Waals surface area (Å²) in [5, 5.41) is 0.886. The molecule has 2 radical (unpaired) electrons. The van der Waals surface area contributed by atoms with Crippen molar-refractivity contribution in [3.05, 3.63) is 49.1 Å². The molecule has 0 amide bonds. The van der Waals surface area contributed by atoms with Crippen molar-refractivity contribution < 1.29 is 9.53 Å². The Morgan fingerprint density at radius 2 is 2.16 bits per heavy atom. The van der Waals surface area contributed by atoms with Crippen LogP contribution >= 0.6 is 11.8 Å². The number of rotatable bonds is 4. The van der Waals surface area contributed by atoms with Gasteiger partial charge in [-0.1, -0.05) is 17.8 Å². The molecule has 2 aliphatic rings. The lowest BCUT2D eigenvalue weighted by Crippen LogP contribution is -2.30. The van der Waals surface area contributed by atoms with Crippen LogP contribution in [0.5, 0.6) is 0 Å². The third-order valence-electron chi connectivity index (χ3n) is 4.18. The minimum absolute atomic E-state index is 0.194. The highest BCUT2D eigenvalue weighted by Crippen LogP contribution is 2.46. The summed E-state index contributed by atoms with van der Waals surface area (Å²) in [6.45, 7) is 3.84. The van der Waals surface area contributed by atoms with Gasteiger partial charge in [-0.15, -0.1) is 0 Å². The Morgan fingerprint density at radius 1 is 1.28 bits per heavy atom. The van der Waals surface area contributed by atoms with Gasteiger partial charge in [-0.25, -0.2) is 9.97 Å². The van der Waals surface area contributed by atoms with E-state index >= 15 is 0 Å². The highest BCUT2D eigenvalue weighted by molar-refractivity contribution is 7.99. The van der Waals surface area contributed by atoms with Crippen molar-refractivity contribution in [2.75, 3.05) is 25.3 Å². The molecule has 0 bridgehead atoms. The average molecular weight is 354 g/mol. The number of piperidine rings is 1. The lowest BCUT2D eigenvalue weighted by Gasteiger charge is -2.31. The first kappa shape index (κ1) is 16.5. The molecule has 1 saturated heterocycles. The predicted molar refractivity (Wildman–Crippen MR) is 95.2 cm³/mol. The Bertz CT molecular complexity index is 788. The lowest BCUT2D eigenvalue weighted by atomic mass is 10.1. The summed E-state index contributed by atoms with van der Waals surface area (Å²) < 4.78 is 5.39. The molecule has 0 N–H and O–H groups in total. The minimum Gasteiger partial charge on any atom is -0.364 e. The number of benzene rings is 1. The van der Waals surface area contributed by atoms with Gasteiger partial charge in [0.2, 0.25) is 0 Å². The molecule has 0 aliphatic carbocycles. The van der Waals surface area contributed by atoms with Crippen molar-refractivity contribution in [2.24, 2.45) is 0 Å². The Kier molecular flexibility index (Phi) is 4.70. The van der Waals surface area contributed by atoms with Crippen molar-refractivity contribution in [3.8, 4) is 0 Å². The summed E-state index contributed by atoms with van der Waals surface area (Å²) in [4.78, 5) is 25.6. The van der Waals surface area contributed by atoms with Gasteiger partial charge in [0.25, 0.3) is 0 Å². The minimum atomic E-state index is 0.194.